The molecule has 0 aliphatic carbocycles. The highest BCUT2D eigenvalue weighted by Gasteiger charge is 2.31. The molecule has 1 amide bonds. The van der Waals surface area contributed by atoms with Gasteiger partial charge in [-0.3, -0.25) is 4.79 Å². The van der Waals surface area contributed by atoms with E-state index in [0.29, 0.717) is 16.7 Å². The summed E-state index contributed by atoms with van der Waals surface area (Å²) in [5.41, 5.74) is 2.05. The largest absolute Gasteiger partial charge is 0.348 e. The molecule has 3 nitrogen and oxygen atoms in total. The normalized spacial score (nSPS) is 19.9. The highest BCUT2D eigenvalue weighted by Crippen LogP contribution is 2.26. The van der Waals surface area contributed by atoms with E-state index in [-0.39, 0.29) is 11.8 Å². The summed E-state index contributed by atoms with van der Waals surface area (Å²) in [4.78, 5) is 14.0. The molecule has 0 bridgehead atoms. The second-order valence-electron chi connectivity index (χ2n) is 4.39. The number of hydrogen-bond acceptors (Lipinski definition) is 2. The van der Waals surface area contributed by atoms with Crippen LogP contribution in [0.2, 0.25) is 5.02 Å². The standard InChI is InChI=1S/C13H15ClN2OS/c1-3-16-7-11(12(17)15-13(16)18)10-6-9(14)5-4-8(10)2/h4-6,11H,3,7H2,1-2H3,(H,15,17,18). The van der Waals surface area contributed by atoms with Gasteiger partial charge in [-0.15, -0.1) is 0 Å². The minimum absolute atomic E-state index is 0.0462. The molecule has 96 valence electrons. The van der Waals surface area contributed by atoms with Crippen molar-refractivity contribution >= 4 is 34.8 Å². The van der Waals surface area contributed by atoms with E-state index in [2.05, 4.69) is 5.32 Å². The lowest BCUT2D eigenvalue weighted by Crippen LogP contribution is -2.53. The molecule has 1 saturated heterocycles. The van der Waals surface area contributed by atoms with E-state index >= 15 is 0 Å². The number of nitrogens with zero attached hydrogens (tertiary/aromatic N) is 1. The minimum atomic E-state index is -0.213. The molecule has 5 heteroatoms. The van der Waals surface area contributed by atoms with E-state index in [4.69, 9.17) is 23.8 Å². The van der Waals surface area contributed by atoms with Gasteiger partial charge in [0, 0.05) is 18.1 Å². The quantitative estimate of drug-likeness (QED) is 0.846. The first-order valence-electron chi connectivity index (χ1n) is 5.88. The van der Waals surface area contributed by atoms with Crippen LogP contribution in [0.5, 0.6) is 0 Å². The fourth-order valence-electron chi connectivity index (χ4n) is 2.16. The second kappa shape index (κ2) is 5.24. The Morgan fingerprint density at radius 3 is 2.94 bits per heavy atom. The van der Waals surface area contributed by atoms with Gasteiger partial charge in [-0.1, -0.05) is 17.7 Å². The molecule has 1 heterocycles. The molecule has 1 fully saturated rings. The Morgan fingerprint density at radius 1 is 1.56 bits per heavy atom. The van der Waals surface area contributed by atoms with E-state index in [1.807, 2.05) is 36.9 Å². The van der Waals surface area contributed by atoms with Gasteiger partial charge in [0.15, 0.2) is 5.11 Å². The lowest BCUT2D eigenvalue weighted by molar-refractivity contribution is -0.122. The van der Waals surface area contributed by atoms with E-state index in [1.165, 1.54) is 0 Å². The van der Waals surface area contributed by atoms with Gasteiger partial charge < -0.3 is 10.2 Å². The molecule has 0 aromatic heterocycles. The van der Waals surface area contributed by atoms with Crippen LogP contribution in [0.3, 0.4) is 0 Å². The van der Waals surface area contributed by atoms with Gasteiger partial charge in [0.2, 0.25) is 5.91 Å². The molecular formula is C13H15ClN2OS. The molecule has 0 saturated carbocycles. The molecule has 0 radical (unpaired) electrons. The third-order valence-electron chi connectivity index (χ3n) is 3.24. The topological polar surface area (TPSA) is 32.3 Å². The Labute approximate surface area is 117 Å². The van der Waals surface area contributed by atoms with Crippen LogP contribution in [-0.2, 0) is 4.79 Å². The number of aryl methyl sites for hydroxylation is 1. The van der Waals surface area contributed by atoms with Crippen molar-refractivity contribution in [3.8, 4) is 0 Å². The first kappa shape index (κ1) is 13.3. The maximum atomic E-state index is 12.1. The van der Waals surface area contributed by atoms with Crippen molar-refractivity contribution in [1.82, 2.24) is 10.2 Å². The zero-order valence-corrected chi connectivity index (χ0v) is 11.9. The number of halogens is 1. The first-order valence-corrected chi connectivity index (χ1v) is 6.67. The van der Waals surface area contributed by atoms with Crippen LogP contribution in [0.15, 0.2) is 18.2 Å². The van der Waals surface area contributed by atoms with Gasteiger partial charge in [-0.2, -0.15) is 0 Å². The molecule has 2 rings (SSSR count). The Bertz CT molecular complexity index is 504. The van der Waals surface area contributed by atoms with Gasteiger partial charge in [0.05, 0.1) is 5.92 Å². The SMILES string of the molecule is CCN1CC(c2cc(Cl)ccc2C)C(=O)NC1=S. The summed E-state index contributed by atoms with van der Waals surface area (Å²) in [6.45, 7) is 5.41. The second-order valence-corrected chi connectivity index (χ2v) is 5.21. The average Bonchev–Trinajstić information content (AvgIpc) is 2.33. The number of hydrogen-bond donors (Lipinski definition) is 1. The third-order valence-corrected chi connectivity index (χ3v) is 3.83. The molecule has 1 N–H and O–H groups in total. The van der Waals surface area contributed by atoms with Crippen molar-refractivity contribution < 1.29 is 4.79 Å². The van der Waals surface area contributed by atoms with E-state index in [9.17, 15) is 4.79 Å². The maximum Gasteiger partial charge on any atom is 0.235 e. The van der Waals surface area contributed by atoms with E-state index < -0.39 is 0 Å². The Hall–Kier alpha value is -1.13. The van der Waals surface area contributed by atoms with Crippen LogP contribution in [0.25, 0.3) is 0 Å². The molecule has 0 spiro atoms. The lowest BCUT2D eigenvalue weighted by Gasteiger charge is -2.34. The number of carbonyl (C=O) groups is 1. The van der Waals surface area contributed by atoms with Crippen molar-refractivity contribution in [3.05, 3.63) is 34.3 Å². The van der Waals surface area contributed by atoms with E-state index in [0.717, 1.165) is 17.7 Å². The van der Waals surface area contributed by atoms with Crippen molar-refractivity contribution in [3.63, 3.8) is 0 Å². The summed E-state index contributed by atoms with van der Waals surface area (Å²) < 4.78 is 0. The van der Waals surface area contributed by atoms with Crippen LogP contribution >= 0.6 is 23.8 Å². The predicted molar refractivity (Wildman–Crippen MR) is 76.9 cm³/mol. The Kier molecular flexibility index (Phi) is 3.88. The maximum absolute atomic E-state index is 12.1. The number of likely N-dealkylation sites (N-methyl/N-ethyl adjacent to an activating group) is 1. The molecule has 1 aliphatic heterocycles. The summed E-state index contributed by atoms with van der Waals surface area (Å²) in [5.74, 6) is -0.259. The molecule has 1 aromatic carbocycles. The lowest BCUT2D eigenvalue weighted by atomic mass is 9.92. The fourth-order valence-corrected chi connectivity index (χ4v) is 2.64. The number of nitrogens with one attached hydrogen (secondary N) is 1. The van der Waals surface area contributed by atoms with Gasteiger partial charge >= 0.3 is 0 Å². The van der Waals surface area contributed by atoms with Crippen molar-refractivity contribution in [2.45, 2.75) is 19.8 Å². The van der Waals surface area contributed by atoms with Crippen molar-refractivity contribution in [2.75, 3.05) is 13.1 Å². The summed E-state index contributed by atoms with van der Waals surface area (Å²) in [5, 5.41) is 3.92. The third kappa shape index (κ3) is 2.49. The highest BCUT2D eigenvalue weighted by molar-refractivity contribution is 7.80. The number of amides is 1. The van der Waals surface area contributed by atoms with E-state index in [1.54, 1.807) is 0 Å². The molecule has 1 unspecified atom stereocenters. The molecule has 1 atom stereocenters. The fraction of sp³-hybridized carbons (Fsp3) is 0.385. The van der Waals surface area contributed by atoms with Crippen molar-refractivity contribution in [2.24, 2.45) is 0 Å². The van der Waals surface area contributed by atoms with Gasteiger partial charge in [-0.25, -0.2) is 0 Å². The van der Waals surface area contributed by atoms with Crippen LogP contribution in [-0.4, -0.2) is 29.0 Å². The van der Waals surface area contributed by atoms with Gasteiger partial charge in [0.1, 0.15) is 0 Å². The molecular weight excluding hydrogens is 268 g/mol. The Balaban J connectivity index is 2.34. The number of benzene rings is 1. The van der Waals surface area contributed by atoms with Crippen molar-refractivity contribution in [1.29, 1.82) is 0 Å². The highest BCUT2D eigenvalue weighted by atomic mass is 35.5. The molecule has 1 aromatic rings. The molecule has 1 aliphatic rings. The van der Waals surface area contributed by atoms with Gasteiger partial charge in [-0.05, 0) is 49.3 Å². The van der Waals surface area contributed by atoms with Crippen LogP contribution in [0, 0.1) is 6.92 Å². The number of rotatable bonds is 2. The van der Waals surface area contributed by atoms with Crippen LogP contribution in [0.1, 0.15) is 24.0 Å². The Morgan fingerprint density at radius 2 is 2.28 bits per heavy atom. The summed E-state index contributed by atoms with van der Waals surface area (Å²) >= 11 is 11.1. The molecule has 18 heavy (non-hydrogen) atoms. The summed E-state index contributed by atoms with van der Waals surface area (Å²) in [7, 11) is 0. The summed E-state index contributed by atoms with van der Waals surface area (Å²) in [6, 6.07) is 5.64. The zero-order chi connectivity index (χ0) is 13.3. The van der Waals surface area contributed by atoms with Crippen LogP contribution in [0.4, 0.5) is 0 Å². The number of carbonyl (C=O) groups excluding carboxylic acids is 1. The summed E-state index contributed by atoms with van der Waals surface area (Å²) in [6.07, 6.45) is 0. The van der Waals surface area contributed by atoms with Gasteiger partial charge in [0.25, 0.3) is 0 Å². The van der Waals surface area contributed by atoms with Crippen LogP contribution < -0.4 is 5.32 Å². The predicted octanol–water partition coefficient (Wildman–Crippen LogP) is 2.47. The zero-order valence-electron chi connectivity index (χ0n) is 10.4. The minimum Gasteiger partial charge on any atom is -0.348 e. The first-order chi connectivity index (χ1) is 8.52. The number of thiocarbonyl (C=S) groups is 1. The monoisotopic (exact) mass is 282 g/mol. The average molecular weight is 283 g/mol. The smallest absolute Gasteiger partial charge is 0.235 e.